The van der Waals surface area contributed by atoms with Crippen LogP contribution in [0.3, 0.4) is 0 Å². The average Bonchev–Trinajstić information content (AvgIpc) is 2.32. The molecule has 0 saturated heterocycles. The van der Waals surface area contributed by atoms with E-state index in [9.17, 15) is 0 Å². The third-order valence-electron chi connectivity index (χ3n) is 3.23. The molecule has 0 atom stereocenters. The highest BCUT2D eigenvalue weighted by Crippen LogP contribution is 2.21. The van der Waals surface area contributed by atoms with E-state index in [1.54, 1.807) is 0 Å². The first kappa shape index (κ1) is 15.3. The van der Waals surface area contributed by atoms with Crippen LogP contribution < -0.4 is 5.73 Å². The molecule has 102 valence electrons. The molecule has 2 nitrogen and oxygen atoms in total. The minimum absolute atomic E-state index is 0.554. The Kier molecular flexibility index (Phi) is 6.51. The van der Waals surface area contributed by atoms with Gasteiger partial charge in [-0.25, -0.2) is 0 Å². The third kappa shape index (κ3) is 4.87. The molecular weight excluding hydrogens is 244 g/mol. The maximum absolute atomic E-state index is 6.06. The van der Waals surface area contributed by atoms with Gasteiger partial charge in [-0.15, -0.1) is 0 Å². The second-order valence-corrected chi connectivity index (χ2v) is 5.53. The van der Waals surface area contributed by atoms with Crippen molar-refractivity contribution in [2.75, 3.05) is 12.3 Å². The summed E-state index contributed by atoms with van der Waals surface area (Å²) in [7, 11) is 0. The molecule has 0 fully saturated rings. The van der Waals surface area contributed by atoms with Gasteiger partial charge in [0, 0.05) is 12.6 Å². The molecule has 1 aromatic carbocycles. The van der Waals surface area contributed by atoms with Gasteiger partial charge in [0.25, 0.3) is 0 Å². The minimum Gasteiger partial charge on any atom is -0.398 e. The zero-order chi connectivity index (χ0) is 13.5. The molecule has 0 amide bonds. The second-order valence-electron chi connectivity index (χ2n) is 5.13. The molecule has 0 spiro atoms. The molecule has 0 heterocycles. The van der Waals surface area contributed by atoms with E-state index in [4.69, 9.17) is 17.3 Å². The molecular formula is C15H25ClN2. The van der Waals surface area contributed by atoms with Crippen LogP contribution >= 0.6 is 11.6 Å². The highest BCUT2D eigenvalue weighted by molar-refractivity contribution is 6.33. The Balaban J connectivity index is 2.61. The normalized spacial score (nSPS) is 11.4. The molecule has 0 aromatic heterocycles. The van der Waals surface area contributed by atoms with Gasteiger partial charge in [0.15, 0.2) is 0 Å². The number of hydrogen-bond donors (Lipinski definition) is 1. The highest BCUT2D eigenvalue weighted by Gasteiger charge is 2.10. The number of halogens is 1. The lowest BCUT2D eigenvalue weighted by molar-refractivity contribution is 0.208. The Morgan fingerprint density at radius 3 is 2.56 bits per heavy atom. The van der Waals surface area contributed by atoms with Crippen molar-refractivity contribution < 1.29 is 0 Å². The van der Waals surface area contributed by atoms with Crippen LogP contribution in [0.4, 0.5) is 5.69 Å². The molecule has 0 aliphatic rings. The summed E-state index contributed by atoms with van der Waals surface area (Å²) in [6.07, 6.45) is 3.82. The Bertz CT molecular complexity index is 364. The Labute approximate surface area is 116 Å². The van der Waals surface area contributed by atoms with Crippen molar-refractivity contribution in [3.8, 4) is 0 Å². The van der Waals surface area contributed by atoms with Crippen LogP contribution in [0.15, 0.2) is 18.2 Å². The molecule has 1 aromatic rings. The first-order chi connectivity index (χ1) is 8.54. The number of anilines is 1. The van der Waals surface area contributed by atoms with Crippen LogP contribution in [0.25, 0.3) is 0 Å². The summed E-state index contributed by atoms with van der Waals surface area (Å²) in [6, 6.07) is 6.49. The van der Waals surface area contributed by atoms with E-state index in [0.29, 0.717) is 16.8 Å². The average molecular weight is 269 g/mol. The molecule has 18 heavy (non-hydrogen) atoms. The maximum atomic E-state index is 6.06. The van der Waals surface area contributed by atoms with Crippen LogP contribution in [0.5, 0.6) is 0 Å². The molecule has 0 bridgehead atoms. The number of nitrogen functional groups attached to an aromatic ring is 1. The summed E-state index contributed by atoms with van der Waals surface area (Å²) in [5.74, 6) is 0. The fourth-order valence-electron chi connectivity index (χ4n) is 1.99. The van der Waals surface area contributed by atoms with Crippen molar-refractivity contribution in [2.24, 2.45) is 0 Å². The summed E-state index contributed by atoms with van der Waals surface area (Å²) in [5, 5.41) is 0.657. The number of nitrogens with two attached hydrogens (primary N) is 1. The van der Waals surface area contributed by atoms with Crippen molar-refractivity contribution in [1.29, 1.82) is 0 Å². The van der Waals surface area contributed by atoms with Gasteiger partial charge in [-0.1, -0.05) is 37.4 Å². The number of hydrogen-bond acceptors (Lipinski definition) is 2. The quantitative estimate of drug-likeness (QED) is 0.589. The van der Waals surface area contributed by atoms with Crippen molar-refractivity contribution >= 4 is 17.3 Å². The predicted molar refractivity (Wildman–Crippen MR) is 80.9 cm³/mol. The van der Waals surface area contributed by atoms with Gasteiger partial charge in [0.1, 0.15) is 0 Å². The smallest absolute Gasteiger partial charge is 0.0638 e. The maximum Gasteiger partial charge on any atom is 0.0638 e. The van der Waals surface area contributed by atoms with E-state index < -0.39 is 0 Å². The van der Waals surface area contributed by atoms with Gasteiger partial charge in [-0.3, -0.25) is 4.90 Å². The van der Waals surface area contributed by atoms with Crippen LogP contribution in [0.2, 0.25) is 5.02 Å². The fraction of sp³-hybridized carbons (Fsp3) is 0.600. The van der Waals surface area contributed by atoms with Gasteiger partial charge in [0.2, 0.25) is 0 Å². The van der Waals surface area contributed by atoms with Crippen molar-refractivity contribution in [3.63, 3.8) is 0 Å². The Hall–Kier alpha value is -0.730. The lowest BCUT2D eigenvalue weighted by Crippen LogP contribution is -2.31. The molecule has 0 aliphatic heterocycles. The van der Waals surface area contributed by atoms with Crippen molar-refractivity contribution in [2.45, 2.75) is 52.6 Å². The lowest BCUT2D eigenvalue weighted by Gasteiger charge is -2.26. The fourth-order valence-corrected chi connectivity index (χ4v) is 2.19. The van der Waals surface area contributed by atoms with E-state index in [0.717, 1.165) is 13.1 Å². The summed E-state index contributed by atoms with van der Waals surface area (Å²) in [5.41, 5.74) is 7.62. The molecule has 1 rings (SSSR count). The molecule has 0 radical (unpaired) electrons. The Morgan fingerprint density at radius 1 is 1.28 bits per heavy atom. The van der Waals surface area contributed by atoms with E-state index in [2.05, 4.69) is 31.7 Å². The van der Waals surface area contributed by atoms with Crippen molar-refractivity contribution in [1.82, 2.24) is 4.90 Å². The number of unbranched alkanes of at least 4 members (excludes halogenated alkanes) is 2. The van der Waals surface area contributed by atoms with Gasteiger partial charge in [-0.05, 0) is 44.5 Å². The largest absolute Gasteiger partial charge is 0.398 e. The summed E-state index contributed by atoms with van der Waals surface area (Å²) < 4.78 is 0. The Morgan fingerprint density at radius 2 is 2.00 bits per heavy atom. The molecule has 0 saturated carbocycles. The third-order valence-corrected chi connectivity index (χ3v) is 3.56. The van der Waals surface area contributed by atoms with Crippen molar-refractivity contribution in [3.05, 3.63) is 28.8 Å². The topological polar surface area (TPSA) is 29.3 Å². The lowest BCUT2D eigenvalue weighted by atomic mass is 10.1. The number of benzene rings is 1. The van der Waals surface area contributed by atoms with Gasteiger partial charge >= 0.3 is 0 Å². The van der Waals surface area contributed by atoms with E-state index in [1.165, 1.54) is 24.8 Å². The van der Waals surface area contributed by atoms with E-state index >= 15 is 0 Å². The van der Waals surface area contributed by atoms with Crippen LogP contribution in [-0.2, 0) is 6.54 Å². The zero-order valence-corrected chi connectivity index (χ0v) is 12.5. The predicted octanol–water partition coefficient (Wildman–Crippen LogP) is 4.32. The first-order valence-corrected chi connectivity index (χ1v) is 7.20. The van der Waals surface area contributed by atoms with Gasteiger partial charge < -0.3 is 5.73 Å². The summed E-state index contributed by atoms with van der Waals surface area (Å²) in [6.45, 7) is 8.81. The standard InChI is InChI=1S/C15H25ClN2/c1-4-5-6-9-18(12(2)3)11-13-7-8-15(17)14(16)10-13/h7-8,10,12H,4-6,9,11,17H2,1-3H3. The molecule has 3 heteroatoms. The summed E-state index contributed by atoms with van der Waals surface area (Å²) in [4.78, 5) is 2.48. The minimum atomic E-state index is 0.554. The first-order valence-electron chi connectivity index (χ1n) is 6.82. The highest BCUT2D eigenvalue weighted by atomic mass is 35.5. The van der Waals surface area contributed by atoms with E-state index in [-0.39, 0.29) is 0 Å². The summed E-state index contributed by atoms with van der Waals surface area (Å²) >= 11 is 6.06. The molecule has 2 N–H and O–H groups in total. The molecule has 0 aliphatic carbocycles. The van der Waals surface area contributed by atoms with Gasteiger partial charge in [0.05, 0.1) is 10.7 Å². The van der Waals surface area contributed by atoms with Crippen LogP contribution in [0.1, 0.15) is 45.6 Å². The second kappa shape index (κ2) is 7.65. The van der Waals surface area contributed by atoms with Crippen LogP contribution in [-0.4, -0.2) is 17.5 Å². The van der Waals surface area contributed by atoms with Crippen LogP contribution in [0, 0.1) is 0 Å². The number of rotatable bonds is 7. The number of nitrogens with zero attached hydrogens (tertiary/aromatic N) is 1. The molecule has 0 unspecified atom stereocenters. The zero-order valence-electron chi connectivity index (χ0n) is 11.7. The monoisotopic (exact) mass is 268 g/mol. The van der Waals surface area contributed by atoms with Gasteiger partial charge in [-0.2, -0.15) is 0 Å². The SMILES string of the molecule is CCCCCN(Cc1ccc(N)c(Cl)c1)C(C)C. The van der Waals surface area contributed by atoms with E-state index in [1.807, 2.05) is 12.1 Å².